The molecule has 122 valence electrons. The summed E-state index contributed by atoms with van der Waals surface area (Å²) in [6.45, 7) is -2.23. The lowest BCUT2D eigenvalue weighted by Crippen LogP contribution is -2.37. The van der Waals surface area contributed by atoms with Crippen molar-refractivity contribution < 1.29 is 36.3 Å². The Balaban J connectivity index is 2.73. The first-order chi connectivity index (χ1) is 10.1. The molecule has 0 unspecified atom stereocenters. The molecule has 0 heterocycles. The number of amides is 1. The van der Waals surface area contributed by atoms with Crippen molar-refractivity contribution in [3.8, 4) is 0 Å². The second-order valence-corrected chi connectivity index (χ2v) is 4.05. The van der Waals surface area contributed by atoms with Gasteiger partial charge in [-0.25, -0.2) is 13.6 Å². The molecule has 5 nitrogen and oxygen atoms in total. The molecule has 0 saturated heterocycles. The summed E-state index contributed by atoms with van der Waals surface area (Å²) in [7, 11) is 0.989. The maximum Gasteiger partial charge on any atom is 0.405 e. The van der Waals surface area contributed by atoms with Gasteiger partial charge in [0.1, 0.15) is 18.2 Å². The molecule has 22 heavy (non-hydrogen) atoms. The van der Waals surface area contributed by atoms with Gasteiger partial charge in [-0.3, -0.25) is 4.79 Å². The molecule has 0 aliphatic heterocycles. The van der Waals surface area contributed by atoms with Crippen LogP contribution in [0.2, 0.25) is 0 Å². The number of alkyl halides is 3. The third-order valence-electron chi connectivity index (χ3n) is 2.39. The molecule has 10 heteroatoms. The van der Waals surface area contributed by atoms with Crippen molar-refractivity contribution in [2.75, 3.05) is 25.5 Å². The van der Waals surface area contributed by atoms with Gasteiger partial charge in [-0.2, -0.15) is 13.2 Å². The van der Waals surface area contributed by atoms with E-state index in [0.29, 0.717) is 6.07 Å². The van der Waals surface area contributed by atoms with E-state index in [4.69, 9.17) is 0 Å². The topological polar surface area (TPSA) is 67.4 Å². The molecule has 0 aromatic heterocycles. The number of carbonyl (C=O) groups is 2. The molecule has 0 aliphatic carbocycles. The minimum Gasteiger partial charge on any atom is -0.465 e. The molecule has 1 rings (SSSR count). The van der Waals surface area contributed by atoms with Crippen molar-refractivity contribution in [3.05, 3.63) is 29.3 Å². The third kappa shape index (κ3) is 5.19. The Hall–Kier alpha value is -2.39. The fraction of sp³-hybridized carbons (Fsp3) is 0.333. The van der Waals surface area contributed by atoms with Gasteiger partial charge in [0, 0.05) is 6.07 Å². The van der Waals surface area contributed by atoms with Gasteiger partial charge in [-0.1, -0.05) is 0 Å². The van der Waals surface area contributed by atoms with Gasteiger partial charge >= 0.3 is 12.1 Å². The van der Waals surface area contributed by atoms with Crippen LogP contribution in [-0.4, -0.2) is 38.3 Å². The number of ether oxygens (including phenoxy) is 1. The predicted octanol–water partition coefficient (Wildman–Crippen LogP) is 1.84. The molecule has 0 radical (unpaired) electrons. The van der Waals surface area contributed by atoms with Crippen LogP contribution in [0.25, 0.3) is 0 Å². The molecule has 2 N–H and O–H groups in total. The Morgan fingerprint density at radius 1 is 1.18 bits per heavy atom. The third-order valence-corrected chi connectivity index (χ3v) is 2.39. The molecule has 0 fully saturated rings. The molecule has 0 atom stereocenters. The van der Waals surface area contributed by atoms with Crippen LogP contribution < -0.4 is 10.6 Å². The highest BCUT2D eigenvalue weighted by molar-refractivity contribution is 5.91. The lowest BCUT2D eigenvalue weighted by Gasteiger charge is -2.11. The normalized spacial score (nSPS) is 11.0. The number of rotatable bonds is 5. The highest BCUT2D eigenvalue weighted by Gasteiger charge is 2.27. The van der Waals surface area contributed by atoms with E-state index in [1.165, 1.54) is 0 Å². The summed E-state index contributed by atoms with van der Waals surface area (Å²) in [6.07, 6.45) is -4.57. The average Bonchev–Trinajstić information content (AvgIpc) is 2.42. The fourth-order valence-corrected chi connectivity index (χ4v) is 1.39. The van der Waals surface area contributed by atoms with Gasteiger partial charge in [0.25, 0.3) is 0 Å². The first-order valence-corrected chi connectivity index (χ1v) is 5.78. The summed E-state index contributed by atoms with van der Waals surface area (Å²) in [5.41, 5.74) is -1.01. The van der Waals surface area contributed by atoms with E-state index >= 15 is 0 Å². The van der Waals surface area contributed by atoms with E-state index in [1.54, 1.807) is 5.32 Å². The second kappa shape index (κ2) is 7.05. The van der Waals surface area contributed by atoms with Gasteiger partial charge in [0.15, 0.2) is 0 Å². The van der Waals surface area contributed by atoms with Crippen LogP contribution in [0.4, 0.5) is 27.6 Å². The molecule has 1 amide bonds. The SMILES string of the molecule is COC(=O)c1cc(NCC(=O)NCC(F)(F)F)c(F)cc1F. The molecule has 0 saturated carbocycles. The molecule has 0 aliphatic rings. The first-order valence-electron chi connectivity index (χ1n) is 5.78. The van der Waals surface area contributed by atoms with Gasteiger partial charge in [0.2, 0.25) is 5.91 Å². The fourth-order valence-electron chi connectivity index (χ4n) is 1.39. The standard InChI is InChI=1S/C12H11F5N2O3/c1-22-11(21)6-2-9(8(14)3-7(6)13)18-4-10(20)19-5-12(15,16)17/h2-3,18H,4-5H2,1H3,(H,19,20). The molecule has 1 aromatic carbocycles. The average molecular weight is 326 g/mol. The number of hydrogen-bond donors (Lipinski definition) is 2. The van der Waals surface area contributed by atoms with E-state index in [0.717, 1.165) is 13.2 Å². The van der Waals surface area contributed by atoms with E-state index < -0.39 is 54.0 Å². The number of carbonyl (C=O) groups excluding carboxylic acids is 2. The summed E-state index contributed by atoms with van der Waals surface area (Å²) < 4.78 is 66.7. The smallest absolute Gasteiger partial charge is 0.405 e. The van der Waals surface area contributed by atoms with Crippen molar-refractivity contribution in [2.24, 2.45) is 0 Å². The highest BCUT2D eigenvalue weighted by atomic mass is 19.4. The van der Waals surface area contributed by atoms with Crippen molar-refractivity contribution in [1.82, 2.24) is 5.32 Å². The maximum absolute atomic E-state index is 13.5. The van der Waals surface area contributed by atoms with Gasteiger partial charge < -0.3 is 15.4 Å². The quantitative estimate of drug-likeness (QED) is 0.640. The van der Waals surface area contributed by atoms with E-state index in [1.807, 2.05) is 0 Å². The number of hydrogen-bond acceptors (Lipinski definition) is 4. The van der Waals surface area contributed by atoms with Crippen molar-refractivity contribution in [1.29, 1.82) is 0 Å². The zero-order valence-corrected chi connectivity index (χ0v) is 11.2. The van der Waals surface area contributed by atoms with Gasteiger partial charge in [0.05, 0.1) is 24.9 Å². The summed E-state index contributed by atoms with van der Waals surface area (Å²) in [5, 5.41) is 3.72. The summed E-state index contributed by atoms with van der Waals surface area (Å²) >= 11 is 0. The van der Waals surface area contributed by atoms with E-state index in [2.05, 4.69) is 10.1 Å². The maximum atomic E-state index is 13.5. The van der Waals surface area contributed by atoms with Crippen LogP contribution in [0.3, 0.4) is 0 Å². The number of halogens is 5. The Bertz CT molecular complexity index is 575. The molecular weight excluding hydrogens is 315 g/mol. The lowest BCUT2D eigenvalue weighted by atomic mass is 10.1. The molecule has 1 aromatic rings. The van der Waals surface area contributed by atoms with Crippen molar-refractivity contribution in [2.45, 2.75) is 6.18 Å². The number of anilines is 1. The highest BCUT2D eigenvalue weighted by Crippen LogP contribution is 2.20. The monoisotopic (exact) mass is 326 g/mol. The Kier molecular flexibility index (Phi) is 5.66. The van der Waals surface area contributed by atoms with Crippen LogP contribution in [-0.2, 0) is 9.53 Å². The van der Waals surface area contributed by atoms with Gasteiger partial charge in [-0.15, -0.1) is 0 Å². The van der Waals surface area contributed by atoms with Crippen LogP contribution in [0.5, 0.6) is 0 Å². The summed E-state index contributed by atoms with van der Waals surface area (Å²) in [6, 6.07) is 1.15. The Morgan fingerprint density at radius 3 is 2.36 bits per heavy atom. The minimum atomic E-state index is -4.57. The molecule has 0 spiro atoms. The number of methoxy groups -OCH3 is 1. The van der Waals surface area contributed by atoms with Crippen LogP contribution in [0.15, 0.2) is 12.1 Å². The second-order valence-electron chi connectivity index (χ2n) is 4.05. The lowest BCUT2D eigenvalue weighted by molar-refractivity contribution is -0.137. The van der Waals surface area contributed by atoms with Crippen molar-refractivity contribution >= 4 is 17.6 Å². The Morgan fingerprint density at radius 2 is 1.82 bits per heavy atom. The number of esters is 1. The first kappa shape index (κ1) is 17.7. The van der Waals surface area contributed by atoms with Crippen molar-refractivity contribution in [3.63, 3.8) is 0 Å². The van der Waals surface area contributed by atoms with E-state index in [9.17, 15) is 31.5 Å². The number of nitrogens with one attached hydrogen (secondary N) is 2. The van der Waals surface area contributed by atoms with Crippen LogP contribution in [0, 0.1) is 11.6 Å². The Labute approximate surface area is 121 Å². The minimum absolute atomic E-state index is 0.391. The van der Waals surface area contributed by atoms with Crippen LogP contribution >= 0.6 is 0 Å². The summed E-state index contributed by atoms with van der Waals surface area (Å²) in [4.78, 5) is 22.4. The molecular formula is C12H11F5N2O3. The van der Waals surface area contributed by atoms with Crippen LogP contribution in [0.1, 0.15) is 10.4 Å². The van der Waals surface area contributed by atoms with E-state index in [-0.39, 0.29) is 0 Å². The van der Waals surface area contributed by atoms with Gasteiger partial charge in [-0.05, 0) is 6.07 Å². The largest absolute Gasteiger partial charge is 0.465 e. The zero-order valence-electron chi connectivity index (χ0n) is 11.2. The predicted molar refractivity (Wildman–Crippen MR) is 65.3 cm³/mol. The molecule has 0 bridgehead atoms. The summed E-state index contributed by atoms with van der Waals surface area (Å²) in [5.74, 6) is -4.41. The number of benzene rings is 1. The zero-order chi connectivity index (χ0) is 16.9.